The van der Waals surface area contributed by atoms with Crippen molar-refractivity contribution in [2.75, 3.05) is 12.9 Å². The standard InChI is InChI=1S/C12H13FO4S/c1-17-11(14)3-2-6-18-10-7-8(12(15)16)4-5-9(10)13/h4-5,7H,2-3,6H2,1H3,(H,15,16). The van der Waals surface area contributed by atoms with Gasteiger partial charge in [-0.05, 0) is 30.4 Å². The SMILES string of the molecule is COC(=O)CCCSc1cc(C(=O)O)ccc1F. The van der Waals surface area contributed by atoms with Crippen LogP contribution in [0, 0.1) is 5.82 Å². The first-order valence-electron chi connectivity index (χ1n) is 5.27. The summed E-state index contributed by atoms with van der Waals surface area (Å²) in [5, 5.41) is 8.78. The van der Waals surface area contributed by atoms with Gasteiger partial charge in [-0.3, -0.25) is 4.79 Å². The van der Waals surface area contributed by atoms with Crippen molar-refractivity contribution < 1.29 is 23.8 Å². The van der Waals surface area contributed by atoms with Crippen LogP contribution in [0.4, 0.5) is 4.39 Å². The topological polar surface area (TPSA) is 63.6 Å². The molecule has 1 rings (SSSR count). The number of hydrogen-bond acceptors (Lipinski definition) is 4. The van der Waals surface area contributed by atoms with Gasteiger partial charge in [-0.25, -0.2) is 9.18 Å². The van der Waals surface area contributed by atoms with Crippen molar-refractivity contribution in [3.63, 3.8) is 0 Å². The quantitative estimate of drug-likeness (QED) is 0.490. The smallest absolute Gasteiger partial charge is 0.335 e. The third-order valence-corrected chi connectivity index (χ3v) is 3.31. The van der Waals surface area contributed by atoms with Gasteiger partial charge in [0.15, 0.2) is 0 Å². The van der Waals surface area contributed by atoms with Gasteiger partial charge >= 0.3 is 11.9 Å². The van der Waals surface area contributed by atoms with Gasteiger partial charge in [-0.2, -0.15) is 0 Å². The Hall–Kier alpha value is -1.56. The third-order valence-electron chi connectivity index (χ3n) is 2.19. The maximum Gasteiger partial charge on any atom is 0.335 e. The van der Waals surface area contributed by atoms with E-state index >= 15 is 0 Å². The van der Waals surface area contributed by atoms with Crippen molar-refractivity contribution in [1.82, 2.24) is 0 Å². The molecule has 0 unspecified atom stereocenters. The van der Waals surface area contributed by atoms with Crippen LogP contribution in [0.2, 0.25) is 0 Å². The lowest BCUT2D eigenvalue weighted by molar-refractivity contribution is -0.140. The molecule has 0 bridgehead atoms. The summed E-state index contributed by atoms with van der Waals surface area (Å²) >= 11 is 1.18. The Labute approximate surface area is 108 Å². The summed E-state index contributed by atoms with van der Waals surface area (Å²) in [5.41, 5.74) is 0.0480. The molecule has 0 atom stereocenters. The lowest BCUT2D eigenvalue weighted by Gasteiger charge is -2.04. The number of rotatable bonds is 6. The van der Waals surface area contributed by atoms with Gasteiger partial charge in [0.1, 0.15) is 5.82 Å². The van der Waals surface area contributed by atoms with Crippen molar-refractivity contribution in [2.24, 2.45) is 0 Å². The molecule has 0 heterocycles. The molecule has 0 aliphatic heterocycles. The van der Waals surface area contributed by atoms with Crippen LogP contribution >= 0.6 is 11.8 Å². The first kappa shape index (κ1) is 14.5. The molecule has 6 heteroatoms. The number of aromatic carboxylic acids is 1. The number of carboxylic acid groups (broad SMARTS) is 1. The summed E-state index contributed by atoms with van der Waals surface area (Å²) in [6.45, 7) is 0. The number of benzene rings is 1. The highest BCUT2D eigenvalue weighted by molar-refractivity contribution is 7.99. The number of ether oxygens (including phenoxy) is 1. The van der Waals surface area contributed by atoms with Crippen LogP contribution in [0.1, 0.15) is 23.2 Å². The van der Waals surface area contributed by atoms with Crippen molar-refractivity contribution in [3.05, 3.63) is 29.6 Å². The average Bonchev–Trinajstić information content (AvgIpc) is 2.35. The molecule has 0 aliphatic rings. The van der Waals surface area contributed by atoms with Gasteiger partial charge < -0.3 is 9.84 Å². The minimum Gasteiger partial charge on any atom is -0.478 e. The van der Waals surface area contributed by atoms with E-state index in [-0.39, 0.29) is 22.8 Å². The summed E-state index contributed by atoms with van der Waals surface area (Å²) in [7, 11) is 1.31. The minimum absolute atomic E-state index is 0.0480. The molecule has 1 aromatic carbocycles. The van der Waals surface area contributed by atoms with E-state index in [0.29, 0.717) is 12.2 Å². The van der Waals surface area contributed by atoms with Gasteiger partial charge in [-0.15, -0.1) is 11.8 Å². The van der Waals surface area contributed by atoms with Crippen LogP contribution in [0.25, 0.3) is 0 Å². The molecule has 0 amide bonds. The second kappa shape index (κ2) is 7.00. The highest BCUT2D eigenvalue weighted by Gasteiger charge is 2.09. The molecule has 0 radical (unpaired) electrons. The van der Waals surface area contributed by atoms with Crippen molar-refractivity contribution in [2.45, 2.75) is 17.7 Å². The number of hydrogen-bond donors (Lipinski definition) is 1. The number of esters is 1. The molecule has 0 spiro atoms. The Bertz CT molecular complexity index is 448. The minimum atomic E-state index is -1.09. The average molecular weight is 272 g/mol. The molecule has 4 nitrogen and oxygen atoms in total. The van der Waals surface area contributed by atoms with E-state index in [9.17, 15) is 14.0 Å². The summed E-state index contributed by atoms with van der Waals surface area (Å²) in [6, 6.07) is 3.64. The Morgan fingerprint density at radius 2 is 2.17 bits per heavy atom. The molecular formula is C12H13FO4S. The fourth-order valence-corrected chi connectivity index (χ4v) is 2.17. The zero-order valence-electron chi connectivity index (χ0n) is 9.81. The lowest BCUT2D eigenvalue weighted by atomic mass is 10.2. The lowest BCUT2D eigenvalue weighted by Crippen LogP contribution is -2.00. The molecule has 0 saturated carbocycles. The second-order valence-corrected chi connectivity index (χ2v) is 4.62. The normalized spacial score (nSPS) is 10.1. The number of thioether (sulfide) groups is 1. The van der Waals surface area contributed by atoms with Gasteiger partial charge in [0.05, 0.1) is 12.7 Å². The van der Waals surface area contributed by atoms with Crippen LogP contribution in [-0.2, 0) is 9.53 Å². The van der Waals surface area contributed by atoms with E-state index in [4.69, 9.17) is 5.11 Å². The van der Waals surface area contributed by atoms with E-state index in [2.05, 4.69) is 4.74 Å². The summed E-state index contributed by atoms with van der Waals surface area (Å²) in [5.74, 6) is -1.33. The summed E-state index contributed by atoms with van der Waals surface area (Å²) in [6.07, 6.45) is 0.817. The van der Waals surface area contributed by atoms with Gasteiger partial charge in [0.2, 0.25) is 0 Å². The molecule has 98 valence electrons. The Balaban J connectivity index is 2.53. The zero-order valence-corrected chi connectivity index (χ0v) is 10.6. The van der Waals surface area contributed by atoms with Crippen LogP contribution in [-0.4, -0.2) is 29.9 Å². The fourth-order valence-electron chi connectivity index (χ4n) is 1.25. The fraction of sp³-hybridized carbons (Fsp3) is 0.333. The Kier molecular flexibility index (Phi) is 5.64. The van der Waals surface area contributed by atoms with Gasteiger partial charge in [0, 0.05) is 11.3 Å². The molecule has 18 heavy (non-hydrogen) atoms. The number of carbonyl (C=O) groups excluding carboxylic acids is 1. The summed E-state index contributed by atoms with van der Waals surface area (Å²) in [4.78, 5) is 21.9. The molecule has 1 aromatic rings. The Morgan fingerprint density at radius 3 is 2.78 bits per heavy atom. The number of methoxy groups -OCH3 is 1. The van der Waals surface area contributed by atoms with Crippen LogP contribution < -0.4 is 0 Å². The first-order valence-corrected chi connectivity index (χ1v) is 6.25. The summed E-state index contributed by atoms with van der Waals surface area (Å²) < 4.78 is 17.9. The van der Waals surface area contributed by atoms with E-state index in [1.165, 1.54) is 31.0 Å². The molecule has 1 N–H and O–H groups in total. The number of carbonyl (C=O) groups is 2. The van der Waals surface area contributed by atoms with Gasteiger partial charge in [0.25, 0.3) is 0 Å². The molecule has 0 saturated heterocycles. The van der Waals surface area contributed by atoms with Crippen LogP contribution in [0.15, 0.2) is 23.1 Å². The maximum atomic E-state index is 13.4. The Morgan fingerprint density at radius 1 is 1.44 bits per heavy atom. The zero-order chi connectivity index (χ0) is 13.5. The van der Waals surface area contributed by atoms with E-state index < -0.39 is 11.8 Å². The first-order chi connectivity index (χ1) is 8.54. The molecule has 0 aliphatic carbocycles. The monoisotopic (exact) mass is 272 g/mol. The number of carboxylic acids is 1. The molecule has 0 aromatic heterocycles. The van der Waals surface area contributed by atoms with Crippen molar-refractivity contribution in [1.29, 1.82) is 0 Å². The van der Waals surface area contributed by atoms with Crippen molar-refractivity contribution in [3.8, 4) is 0 Å². The van der Waals surface area contributed by atoms with E-state index in [0.717, 1.165) is 6.07 Å². The van der Waals surface area contributed by atoms with Crippen molar-refractivity contribution >= 4 is 23.7 Å². The largest absolute Gasteiger partial charge is 0.478 e. The molecular weight excluding hydrogens is 259 g/mol. The predicted octanol–water partition coefficient (Wildman–Crippen LogP) is 2.57. The second-order valence-electron chi connectivity index (χ2n) is 3.48. The number of halogens is 1. The van der Waals surface area contributed by atoms with E-state index in [1.807, 2.05) is 0 Å². The van der Waals surface area contributed by atoms with Gasteiger partial charge in [-0.1, -0.05) is 0 Å². The third kappa shape index (κ3) is 4.37. The van der Waals surface area contributed by atoms with E-state index in [1.54, 1.807) is 0 Å². The van der Waals surface area contributed by atoms with Crippen LogP contribution in [0.3, 0.4) is 0 Å². The molecule has 0 fully saturated rings. The highest BCUT2D eigenvalue weighted by atomic mass is 32.2. The predicted molar refractivity (Wildman–Crippen MR) is 65.3 cm³/mol. The maximum absolute atomic E-state index is 13.4. The van der Waals surface area contributed by atoms with Crippen LogP contribution in [0.5, 0.6) is 0 Å². The highest BCUT2D eigenvalue weighted by Crippen LogP contribution is 2.24.